The van der Waals surface area contributed by atoms with E-state index in [0.29, 0.717) is 11.0 Å². The molecule has 1 aromatic carbocycles. The molecule has 0 radical (unpaired) electrons. The summed E-state index contributed by atoms with van der Waals surface area (Å²) in [7, 11) is 0. The second-order valence-corrected chi connectivity index (χ2v) is 8.57. The Morgan fingerprint density at radius 1 is 0.791 bits per heavy atom. The van der Waals surface area contributed by atoms with Gasteiger partial charge < -0.3 is 45.4 Å². The molecular weight excluding hydrogens is 580 g/mol. The lowest BCUT2D eigenvalue weighted by Crippen LogP contribution is -2.42. The van der Waals surface area contributed by atoms with Crippen molar-refractivity contribution in [2.75, 3.05) is 6.61 Å². The third-order valence-electron chi connectivity index (χ3n) is 4.57. The predicted molar refractivity (Wildman–Crippen MR) is 149 cm³/mol. The van der Waals surface area contributed by atoms with Crippen LogP contribution >= 0.6 is 0 Å². The number of aliphatic hydroxyl groups excluding tert-OH is 4. The Kier molecular flexibility index (Phi) is 18.2. The number of benzene rings is 1. The summed E-state index contributed by atoms with van der Waals surface area (Å²) >= 11 is 0. The van der Waals surface area contributed by atoms with Crippen molar-refractivity contribution in [2.24, 2.45) is 0 Å². The van der Waals surface area contributed by atoms with Gasteiger partial charge in [0.25, 0.3) is 29.4 Å². The zero-order chi connectivity index (χ0) is 34.2. The summed E-state index contributed by atoms with van der Waals surface area (Å²) < 4.78 is 1.40. The minimum atomic E-state index is -1.64. The number of aryl methyl sites for hydroxylation is 2. The molecule has 2 heterocycles. The molecule has 0 saturated carbocycles. The van der Waals surface area contributed by atoms with E-state index in [0.717, 1.165) is 38.8 Å². The molecule has 0 aliphatic carbocycles. The van der Waals surface area contributed by atoms with Crippen LogP contribution in [0.2, 0.25) is 0 Å². The van der Waals surface area contributed by atoms with Crippen LogP contribution in [0, 0.1) is 13.8 Å². The number of rotatable bonds is 5. The second-order valence-electron chi connectivity index (χ2n) is 8.57. The van der Waals surface area contributed by atoms with Crippen LogP contribution in [0.25, 0.3) is 22.6 Å². The van der Waals surface area contributed by atoms with Crippen molar-refractivity contribution in [3.63, 3.8) is 0 Å². The second kappa shape index (κ2) is 19.4. The highest BCUT2D eigenvalue weighted by Gasteiger charge is 2.27. The van der Waals surface area contributed by atoms with E-state index in [4.69, 9.17) is 44.7 Å². The molecule has 0 fully saturated rings. The molecule has 9 N–H and O–H groups in total. The van der Waals surface area contributed by atoms with Gasteiger partial charge in [0.15, 0.2) is 11.5 Å². The summed E-state index contributed by atoms with van der Waals surface area (Å²) in [4.78, 5) is 70.0. The summed E-state index contributed by atoms with van der Waals surface area (Å²) in [6.07, 6.45) is -4.68. The van der Waals surface area contributed by atoms with Gasteiger partial charge in [0.2, 0.25) is 0 Å². The van der Waals surface area contributed by atoms with E-state index in [1.165, 1.54) is 4.57 Å². The SMILES string of the molecule is CC(=O)O.CC(=O)O.CC(=O)O.CC(=O)O.Cc1cc2nc3c(=O)[nH]c(=O)nc-3n(C[C@H](O)[C@H](O)[C@H](O)CO)c2cc1C. The fourth-order valence-corrected chi connectivity index (χ4v) is 2.89. The summed E-state index contributed by atoms with van der Waals surface area (Å²) in [5.74, 6) is -3.38. The Hall–Kier alpha value is -4.78. The number of carboxylic acid groups (broad SMARTS) is 4. The number of hydrogen-bond donors (Lipinski definition) is 9. The Balaban J connectivity index is 0. The van der Waals surface area contributed by atoms with Crippen LogP contribution in [0.5, 0.6) is 0 Å². The summed E-state index contributed by atoms with van der Waals surface area (Å²) in [6.45, 7) is 7.06. The van der Waals surface area contributed by atoms with Gasteiger partial charge in [-0.3, -0.25) is 29.0 Å². The zero-order valence-corrected chi connectivity index (χ0v) is 24.2. The molecule has 0 saturated heterocycles. The average Bonchev–Trinajstić information content (AvgIpc) is 2.83. The molecule has 0 unspecified atom stereocenters. The Morgan fingerprint density at radius 2 is 1.21 bits per heavy atom. The minimum absolute atomic E-state index is 0.0516. The zero-order valence-electron chi connectivity index (χ0n) is 24.2. The van der Waals surface area contributed by atoms with Gasteiger partial charge >= 0.3 is 5.69 Å². The predicted octanol–water partition coefficient (Wildman–Crippen LogP) is -1.36. The first kappa shape index (κ1) is 40.4. The maximum Gasteiger partial charge on any atom is 0.349 e. The number of carbonyl (C=O) groups is 4. The van der Waals surface area contributed by atoms with Gasteiger partial charge in [-0.15, -0.1) is 0 Å². The summed E-state index contributed by atoms with van der Waals surface area (Å²) in [5, 5.41) is 68.5. The topological polar surface area (TPSA) is 311 Å². The molecule has 18 heteroatoms. The first-order valence-corrected chi connectivity index (χ1v) is 12.0. The maximum atomic E-state index is 12.2. The van der Waals surface area contributed by atoms with Crippen LogP contribution < -0.4 is 11.2 Å². The Labute approximate surface area is 243 Å². The fraction of sp³-hybridized carbons (Fsp3) is 0.440. The number of nitrogens with zero attached hydrogens (tertiary/aromatic N) is 3. The lowest BCUT2D eigenvalue weighted by atomic mass is 10.1. The molecule has 0 spiro atoms. The number of aliphatic carboxylic acids is 4. The molecule has 18 nitrogen and oxygen atoms in total. The normalized spacial score (nSPS) is 11.9. The van der Waals surface area contributed by atoms with E-state index in [9.17, 15) is 24.9 Å². The minimum Gasteiger partial charge on any atom is -0.481 e. The van der Waals surface area contributed by atoms with Crippen molar-refractivity contribution < 1.29 is 60.0 Å². The number of aliphatic hydroxyl groups is 4. The molecule has 2 aliphatic heterocycles. The quantitative estimate of drug-likeness (QED) is 0.149. The number of aromatic amines is 1. The van der Waals surface area contributed by atoms with Crippen molar-refractivity contribution in [1.29, 1.82) is 0 Å². The van der Waals surface area contributed by atoms with Crippen LogP contribution in [-0.2, 0) is 25.7 Å². The summed E-state index contributed by atoms with van der Waals surface area (Å²) in [5.41, 5.74) is 1.11. The number of aromatic nitrogens is 4. The Bertz CT molecular complexity index is 1400. The lowest BCUT2D eigenvalue weighted by molar-refractivity contribution is -0.135. The number of H-pyrrole nitrogens is 1. The largest absolute Gasteiger partial charge is 0.481 e. The van der Waals surface area contributed by atoms with Gasteiger partial charge in [-0.1, -0.05) is 0 Å². The van der Waals surface area contributed by atoms with Crippen molar-refractivity contribution in [2.45, 2.75) is 66.4 Å². The van der Waals surface area contributed by atoms with Crippen molar-refractivity contribution >= 4 is 34.9 Å². The van der Waals surface area contributed by atoms with Gasteiger partial charge in [0.1, 0.15) is 18.3 Å². The molecule has 1 aromatic rings. The van der Waals surface area contributed by atoms with E-state index in [1.807, 2.05) is 13.8 Å². The van der Waals surface area contributed by atoms with Gasteiger partial charge in [0.05, 0.1) is 24.2 Å². The number of nitrogens with one attached hydrogen (secondary N) is 1. The number of hydrogen-bond acceptors (Lipinski definition) is 12. The molecule has 3 atom stereocenters. The first-order chi connectivity index (χ1) is 19.7. The smallest absolute Gasteiger partial charge is 0.349 e. The highest BCUT2D eigenvalue weighted by Crippen LogP contribution is 2.24. The highest BCUT2D eigenvalue weighted by atomic mass is 16.4. The van der Waals surface area contributed by atoms with E-state index < -0.39 is 60.0 Å². The number of fused-ring (bicyclic) bond motifs is 2. The maximum absolute atomic E-state index is 12.2. The van der Waals surface area contributed by atoms with Gasteiger partial charge in [-0.25, -0.2) is 9.78 Å². The molecule has 2 aliphatic rings. The third kappa shape index (κ3) is 16.3. The van der Waals surface area contributed by atoms with Crippen LogP contribution in [0.1, 0.15) is 38.8 Å². The molecule has 240 valence electrons. The van der Waals surface area contributed by atoms with Crippen LogP contribution in [-0.4, -0.2) is 109 Å². The molecule has 43 heavy (non-hydrogen) atoms. The molecule has 0 aromatic heterocycles. The Morgan fingerprint density at radius 3 is 1.63 bits per heavy atom. The monoisotopic (exact) mass is 616 g/mol. The van der Waals surface area contributed by atoms with E-state index in [-0.39, 0.29) is 18.1 Å². The lowest BCUT2D eigenvalue weighted by Gasteiger charge is -2.25. The van der Waals surface area contributed by atoms with Crippen LogP contribution in [0.4, 0.5) is 0 Å². The van der Waals surface area contributed by atoms with Gasteiger partial charge in [-0.05, 0) is 37.1 Å². The van der Waals surface area contributed by atoms with E-state index >= 15 is 0 Å². The highest BCUT2D eigenvalue weighted by molar-refractivity contribution is 5.81. The molecule has 0 bridgehead atoms. The third-order valence-corrected chi connectivity index (χ3v) is 4.57. The van der Waals surface area contributed by atoms with E-state index in [1.54, 1.807) is 12.1 Å². The molecule has 3 rings (SSSR count). The van der Waals surface area contributed by atoms with Crippen LogP contribution in [0.3, 0.4) is 0 Å². The van der Waals surface area contributed by atoms with Gasteiger partial charge in [0, 0.05) is 27.7 Å². The van der Waals surface area contributed by atoms with E-state index in [2.05, 4.69) is 15.0 Å². The number of carboxylic acids is 4. The first-order valence-electron chi connectivity index (χ1n) is 12.0. The van der Waals surface area contributed by atoms with Crippen molar-refractivity contribution in [1.82, 2.24) is 19.5 Å². The fourth-order valence-electron chi connectivity index (χ4n) is 2.89. The summed E-state index contributed by atoms with van der Waals surface area (Å²) in [6, 6.07) is 3.53. The van der Waals surface area contributed by atoms with Crippen LogP contribution in [0.15, 0.2) is 21.7 Å². The average molecular weight is 617 g/mol. The van der Waals surface area contributed by atoms with Crippen molar-refractivity contribution in [3.05, 3.63) is 44.1 Å². The molecular formula is C25H36N4O14. The van der Waals surface area contributed by atoms with Gasteiger partial charge in [-0.2, -0.15) is 4.98 Å². The standard InChI is InChI=1S/C17H20N4O6.4C2H4O2/c1-7-3-9-10(4-8(7)2)21(5-11(23)14(25)12(24)6-22)15-13(18-9)16(26)20-17(27)19-15;4*1-2(3)4/h3-4,11-12,14,22-25H,5-6H2,1-2H3,(H,20,26,27);4*1H3,(H,3,4)/t11-,12+,14-;;;;/m0..../s1. The molecule has 0 amide bonds. The van der Waals surface area contributed by atoms with Crippen molar-refractivity contribution in [3.8, 4) is 11.5 Å².